The molecule has 7 heteroatoms. The second-order valence-corrected chi connectivity index (χ2v) is 4.82. The van der Waals surface area contributed by atoms with E-state index in [9.17, 15) is 13.2 Å². The van der Waals surface area contributed by atoms with Crippen molar-refractivity contribution in [1.29, 1.82) is 0 Å². The van der Waals surface area contributed by atoms with Crippen molar-refractivity contribution >= 4 is 0 Å². The molecule has 0 bridgehead atoms. The van der Waals surface area contributed by atoms with Gasteiger partial charge in [0.1, 0.15) is 0 Å². The summed E-state index contributed by atoms with van der Waals surface area (Å²) in [6.07, 6.45) is -0.681. The van der Waals surface area contributed by atoms with Crippen LogP contribution in [0.4, 0.5) is 13.2 Å². The summed E-state index contributed by atoms with van der Waals surface area (Å²) < 4.78 is 37.8. The van der Waals surface area contributed by atoms with Gasteiger partial charge in [0.2, 0.25) is 5.82 Å². The van der Waals surface area contributed by atoms with Crippen LogP contribution in [0.15, 0.2) is 24.5 Å². The molecule has 0 atom stereocenters. The van der Waals surface area contributed by atoms with E-state index < -0.39 is 12.0 Å². The molecule has 3 heterocycles. The van der Waals surface area contributed by atoms with E-state index in [1.54, 1.807) is 0 Å². The molecule has 1 aliphatic heterocycles. The second kappa shape index (κ2) is 4.90. The summed E-state index contributed by atoms with van der Waals surface area (Å²) in [6.45, 7) is 1.89. The van der Waals surface area contributed by atoms with Gasteiger partial charge in [-0.2, -0.15) is 13.2 Å². The van der Waals surface area contributed by atoms with Crippen molar-refractivity contribution in [1.82, 2.24) is 19.9 Å². The van der Waals surface area contributed by atoms with Crippen LogP contribution in [0.25, 0.3) is 0 Å². The molecular weight excluding hydrogens is 269 g/mol. The first-order valence-corrected chi connectivity index (χ1v) is 6.29. The van der Waals surface area contributed by atoms with Crippen LogP contribution >= 0.6 is 0 Å². The van der Waals surface area contributed by atoms with E-state index in [0.29, 0.717) is 25.2 Å². The third-order valence-corrected chi connectivity index (χ3v) is 3.33. The van der Waals surface area contributed by atoms with Crippen LogP contribution in [-0.4, -0.2) is 26.4 Å². The Balaban J connectivity index is 1.79. The van der Waals surface area contributed by atoms with Gasteiger partial charge < -0.3 is 4.98 Å². The fraction of sp³-hybridized carbons (Fsp3) is 0.385. The molecule has 0 saturated heterocycles. The van der Waals surface area contributed by atoms with Gasteiger partial charge in [-0.15, -0.1) is 0 Å². The van der Waals surface area contributed by atoms with Crippen LogP contribution in [-0.2, 0) is 25.7 Å². The van der Waals surface area contributed by atoms with Gasteiger partial charge in [0.25, 0.3) is 0 Å². The van der Waals surface area contributed by atoms with Gasteiger partial charge in [-0.25, -0.2) is 9.97 Å². The minimum atomic E-state index is -4.49. The predicted molar refractivity (Wildman–Crippen MR) is 65.6 cm³/mol. The Morgan fingerprint density at radius 2 is 2.20 bits per heavy atom. The molecule has 0 aromatic carbocycles. The normalized spacial score (nSPS) is 16.1. The quantitative estimate of drug-likeness (QED) is 0.919. The zero-order valence-electron chi connectivity index (χ0n) is 10.6. The van der Waals surface area contributed by atoms with E-state index in [1.807, 2.05) is 18.3 Å². The Labute approximate surface area is 113 Å². The lowest BCUT2D eigenvalue weighted by molar-refractivity contribution is -0.145. The fourth-order valence-electron chi connectivity index (χ4n) is 2.34. The molecule has 0 saturated carbocycles. The molecule has 0 fully saturated rings. The Hall–Kier alpha value is -1.89. The van der Waals surface area contributed by atoms with Crippen molar-refractivity contribution in [3.8, 4) is 0 Å². The lowest BCUT2D eigenvalue weighted by Crippen LogP contribution is -2.31. The largest absolute Gasteiger partial charge is 0.451 e. The first-order valence-electron chi connectivity index (χ1n) is 6.29. The number of rotatable bonds is 2. The zero-order valence-corrected chi connectivity index (χ0v) is 10.6. The first-order chi connectivity index (χ1) is 9.52. The minimum absolute atomic E-state index is 0.417. The van der Waals surface area contributed by atoms with E-state index in [0.717, 1.165) is 17.8 Å². The fourth-order valence-corrected chi connectivity index (χ4v) is 2.34. The van der Waals surface area contributed by atoms with E-state index in [4.69, 9.17) is 0 Å². The lowest BCUT2D eigenvalue weighted by Gasteiger charge is -2.27. The van der Waals surface area contributed by atoms with Gasteiger partial charge in [0, 0.05) is 37.7 Å². The number of nitrogens with zero attached hydrogens (tertiary/aromatic N) is 3. The van der Waals surface area contributed by atoms with Crippen molar-refractivity contribution in [2.75, 3.05) is 6.54 Å². The van der Waals surface area contributed by atoms with E-state index in [2.05, 4.69) is 19.9 Å². The van der Waals surface area contributed by atoms with Gasteiger partial charge in [-0.05, 0) is 24.1 Å². The third kappa shape index (κ3) is 2.67. The van der Waals surface area contributed by atoms with Crippen molar-refractivity contribution in [2.24, 2.45) is 0 Å². The van der Waals surface area contributed by atoms with Gasteiger partial charge in [0.05, 0.1) is 5.69 Å². The van der Waals surface area contributed by atoms with Crippen LogP contribution in [0, 0.1) is 0 Å². The monoisotopic (exact) mass is 282 g/mol. The highest BCUT2D eigenvalue weighted by molar-refractivity contribution is 5.21. The summed E-state index contributed by atoms with van der Waals surface area (Å²) in [5, 5.41) is 0. The van der Waals surface area contributed by atoms with Crippen LogP contribution in [0.3, 0.4) is 0 Å². The molecule has 0 spiro atoms. The zero-order chi connectivity index (χ0) is 14.2. The summed E-state index contributed by atoms with van der Waals surface area (Å²) in [5.74, 6) is -1.06. The van der Waals surface area contributed by atoms with Gasteiger partial charge in [0.15, 0.2) is 0 Å². The molecule has 0 unspecified atom stereocenters. The molecule has 106 valence electrons. The summed E-state index contributed by atoms with van der Waals surface area (Å²) in [5.41, 5.74) is 2.32. The molecule has 3 rings (SSSR count). The number of hydrogen-bond donors (Lipinski definition) is 1. The van der Waals surface area contributed by atoms with E-state index in [-0.39, 0.29) is 0 Å². The maximum atomic E-state index is 12.6. The molecule has 4 nitrogen and oxygen atoms in total. The molecule has 20 heavy (non-hydrogen) atoms. The molecule has 0 aliphatic carbocycles. The van der Waals surface area contributed by atoms with Gasteiger partial charge in [-0.1, -0.05) is 0 Å². The number of nitrogens with one attached hydrogen (secondary N) is 1. The Bertz CT molecular complexity index is 592. The minimum Gasteiger partial charge on any atom is -0.364 e. The number of aromatic nitrogens is 3. The van der Waals surface area contributed by atoms with Crippen molar-refractivity contribution in [2.45, 2.75) is 25.7 Å². The SMILES string of the molecule is FC(F)(F)c1ncc2c(n1)CN(Cc1ccc[nH]1)CC2. The lowest BCUT2D eigenvalue weighted by atomic mass is 10.1. The number of hydrogen-bond acceptors (Lipinski definition) is 3. The second-order valence-electron chi connectivity index (χ2n) is 4.82. The molecule has 0 radical (unpaired) electrons. The maximum Gasteiger partial charge on any atom is 0.451 e. The van der Waals surface area contributed by atoms with Crippen molar-refractivity contribution in [3.63, 3.8) is 0 Å². The average molecular weight is 282 g/mol. The Kier molecular flexibility index (Phi) is 3.21. The molecule has 2 aromatic rings. The summed E-state index contributed by atoms with van der Waals surface area (Å²) >= 11 is 0. The maximum absolute atomic E-state index is 12.6. The van der Waals surface area contributed by atoms with Crippen LogP contribution in [0.1, 0.15) is 22.8 Å². The molecule has 1 N–H and O–H groups in total. The number of fused-ring (bicyclic) bond motifs is 1. The van der Waals surface area contributed by atoms with Crippen molar-refractivity contribution < 1.29 is 13.2 Å². The highest BCUT2D eigenvalue weighted by Crippen LogP contribution is 2.27. The summed E-state index contributed by atoms with van der Waals surface area (Å²) in [7, 11) is 0. The third-order valence-electron chi connectivity index (χ3n) is 3.33. The van der Waals surface area contributed by atoms with E-state index >= 15 is 0 Å². The van der Waals surface area contributed by atoms with Gasteiger partial charge >= 0.3 is 6.18 Å². The molecule has 0 amide bonds. The number of H-pyrrole nitrogens is 1. The first kappa shape index (κ1) is 13.1. The van der Waals surface area contributed by atoms with Crippen LogP contribution < -0.4 is 0 Å². The Morgan fingerprint density at radius 1 is 1.35 bits per heavy atom. The van der Waals surface area contributed by atoms with Gasteiger partial charge in [-0.3, -0.25) is 4.90 Å². The molecule has 1 aliphatic rings. The highest BCUT2D eigenvalue weighted by Gasteiger charge is 2.35. The molecule has 2 aromatic heterocycles. The average Bonchev–Trinajstić information content (AvgIpc) is 2.90. The summed E-state index contributed by atoms with van der Waals surface area (Å²) in [6, 6.07) is 3.85. The van der Waals surface area contributed by atoms with E-state index in [1.165, 1.54) is 6.20 Å². The van der Waals surface area contributed by atoms with Crippen LogP contribution in [0.2, 0.25) is 0 Å². The predicted octanol–water partition coefficient (Wildman–Crippen LogP) is 2.38. The number of aromatic amines is 1. The number of halogens is 3. The molecular formula is C13H13F3N4. The Morgan fingerprint density at radius 3 is 2.90 bits per heavy atom. The topological polar surface area (TPSA) is 44.8 Å². The smallest absolute Gasteiger partial charge is 0.364 e. The van der Waals surface area contributed by atoms with Crippen molar-refractivity contribution in [3.05, 3.63) is 47.3 Å². The highest BCUT2D eigenvalue weighted by atomic mass is 19.4. The number of alkyl halides is 3. The standard InChI is InChI=1S/C13H13F3N4/c14-13(15,16)12-18-6-9-3-5-20(8-11(9)19-12)7-10-2-1-4-17-10/h1-2,4,6,17H,3,5,7-8H2. The summed E-state index contributed by atoms with van der Waals surface area (Å²) in [4.78, 5) is 12.2. The van der Waals surface area contributed by atoms with Crippen LogP contribution in [0.5, 0.6) is 0 Å².